The number of methoxy groups -OCH3 is 1. The minimum atomic E-state index is -1.40. The molecule has 4 aliphatic rings. The number of esters is 4. The van der Waals surface area contributed by atoms with E-state index in [-0.39, 0.29) is 17.8 Å². The number of cyclic esters (lactones) is 1. The van der Waals surface area contributed by atoms with E-state index in [9.17, 15) is 29.1 Å². The molecule has 4 rings (SSSR count). The maximum Gasteiger partial charge on any atom is 0.336 e. The van der Waals surface area contributed by atoms with Gasteiger partial charge in [-0.05, 0) is 35.6 Å². The molecule has 222 valence electrons. The van der Waals surface area contributed by atoms with Gasteiger partial charge in [-0.15, -0.1) is 0 Å². The zero-order valence-electron chi connectivity index (χ0n) is 24.5. The molecular weight excluding hydrogens is 532 g/mol. The molecule has 0 aromatic heterocycles. The van der Waals surface area contributed by atoms with Crippen molar-refractivity contribution < 1.29 is 48.0 Å². The summed E-state index contributed by atoms with van der Waals surface area (Å²) in [5, 5.41) is 10.0. The zero-order chi connectivity index (χ0) is 30.7. The molecule has 0 saturated heterocycles. The van der Waals surface area contributed by atoms with Gasteiger partial charge in [0.25, 0.3) is 0 Å². The fourth-order valence-corrected chi connectivity index (χ4v) is 7.74. The summed E-state index contributed by atoms with van der Waals surface area (Å²) in [7, 11) is 1.28. The van der Waals surface area contributed by atoms with Crippen LogP contribution in [0.25, 0.3) is 0 Å². The molecule has 0 aromatic carbocycles. The number of rotatable bonds is 6. The maximum absolute atomic E-state index is 13.1. The van der Waals surface area contributed by atoms with Crippen molar-refractivity contribution in [2.75, 3.05) is 7.11 Å². The van der Waals surface area contributed by atoms with Gasteiger partial charge in [0.1, 0.15) is 12.2 Å². The Morgan fingerprint density at radius 1 is 1.10 bits per heavy atom. The van der Waals surface area contributed by atoms with Crippen LogP contribution in [0, 0.1) is 34.0 Å². The van der Waals surface area contributed by atoms with Crippen LogP contribution in [0.5, 0.6) is 0 Å². The minimum Gasteiger partial charge on any atom is -0.469 e. The Bertz CT molecular complexity index is 1300. The average Bonchev–Trinajstić information content (AvgIpc) is 3.39. The van der Waals surface area contributed by atoms with Crippen molar-refractivity contribution in [1.29, 1.82) is 0 Å². The molecule has 10 nitrogen and oxygen atoms in total. The summed E-state index contributed by atoms with van der Waals surface area (Å²) in [6.45, 7) is 14.2. The third-order valence-electron chi connectivity index (χ3n) is 9.68. The number of carbonyl (C=O) groups excluding carboxylic acids is 5. The number of aliphatic hydroxyl groups excluding tert-OH is 1. The third-order valence-corrected chi connectivity index (χ3v) is 9.68. The van der Waals surface area contributed by atoms with Crippen LogP contribution in [0.15, 0.2) is 47.6 Å². The monoisotopic (exact) mass is 570 g/mol. The van der Waals surface area contributed by atoms with Gasteiger partial charge < -0.3 is 24.1 Å². The standard InChI is InChI=1S/C31H38O10/c1-15-19-9-10-20(18-13-24(36)41-28(18)37)31(19,7)27(40-17(3)33)26(39-16(2)32)25(15)30(6)12-11-22(34)29(4,5)21(30)14-23(35)38-8/h9,11-13,20-21,24-27,36H,1,10,14H2,2-8H3. The van der Waals surface area contributed by atoms with Crippen LogP contribution in [0.4, 0.5) is 0 Å². The van der Waals surface area contributed by atoms with E-state index >= 15 is 0 Å². The van der Waals surface area contributed by atoms with Crippen molar-refractivity contribution in [2.45, 2.75) is 72.9 Å². The highest BCUT2D eigenvalue weighted by atomic mass is 16.6. The number of ether oxygens (including phenoxy) is 4. The molecular formula is C31H38O10. The van der Waals surface area contributed by atoms with Crippen molar-refractivity contribution in [3.63, 3.8) is 0 Å². The summed E-state index contributed by atoms with van der Waals surface area (Å²) in [4.78, 5) is 63.7. The molecule has 10 heteroatoms. The fourth-order valence-electron chi connectivity index (χ4n) is 7.74. The molecule has 3 aliphatic carbocycles. The van der Waals surface area contributed by atoms with Gasteiger partial charge in [0.2, 0.25) is 6.29 Å². The highest BCUT2D eigenvalue weighted by molar-refractivity contribution is 5.96. The lowest BCUT2D eigenvalue weighted by Crippen LogP contribution is -2.62. The first kappa shape index (κ1) is 30.4. The first-order valence-corrected chi connectivity index (χ1v) is 13.7. The average molecular weight is 571 g/mol. The van der Waals surface area contributed by atoms with Crippen LogP contribution < -0.4 is 0 Å². The number of ketones is 1. The van der Waals surface area contributed by atoms with Crippen LogP contribution in [0.2, 0.25) is 0 Å². The first-order valence-electron chi connectivity index (χ1n) is 13.7. The zero-order valence-corrected chi connectivity index (χ0v) is 24.5. The highest BCUT2D eigenvalue weighted by Crippen LogP contribution is 2.65. The van der Waals surface area contributed by atoms with E-state index in [1.54, 1.807) is 19.9 Å². The van der Waals surface area contributed by atoms with E-state index in [2.05, 4.69) is 6.58 Å². The summed E-state index contributed by atoms with van der Waals surface area (Å²) < 4.78 is 21.9. The minimum absolute atomic E-state index is 0.0968. The second kappa shape index (κ2) is 10.4. The molecule has 1 aliphatic heterocycles. The molecule has 8 atom stereocenters. The largest absolute Gasteiger partial charge is 0.469 e. The molecule has 0 radical (unpaired) electrons. The predicted octanol–water partition coefficient (Wildman–Crippen LogP) is 3.14. The lowest BCUT2D eigenvalue weighted by atomic mass is 9.47. The first-order chi connectivity index (χ1) is 19.0. The maximum atomic E-state index is 13.1. The van der Waals surface area contributed by atoms with E-state index in [4.69, 9.17) is 18.9 Å². The number of allylic oxidation sites excluding steroid dienone is 3. The Kier molecular flexibility index (Phi) is 7.71. The molecule has 0 spiro atoms. The fraction of sp³-hybridized carbons (Fsp3) is 0.581. The summed E-state index contributed by atoms with van der Waals surface area (Å²) in [5.41, 5.74) is -1.58. The normalized spacial score (nSPS) is 37.5. The van der Waals surface area contributed by atoms with Crippen molar-refractivity contribution >= 4 is 29.7 Å². The lowest BCUT2D eigenvalue weighted by Gasteiger charge is -2.58. The second-order valence-electron chi connectivity index (χ2n) is 12.3. The van der Waals surface area contributed by atoms with Crippen LogP contribution in [0.1, 0.15) is 54.4 Å². The van der Waals surface area contributed by atoms with E-state index in [1.807, 2.05) is 19.9 Å². The Morgan fingerprint density at radius 3 is 2.27 bits per heavy atom. The molecule has 1 heterocycles. The lowest BCUT2D eigenvalue weighted by molar-refractivity contribution is -0.192. The molecule has 8 unspecified atom stereocenters. The quantitative estimate of drug-likeness (QED) is 0.374. The topological polar surface area (TPSA) is 142 Å². The molecule has 0 aromatic rings. The Balaban J connectivity index is 1.94. The predicted molar refractivity (Wildman–Crippen MR) is 144 cm³/mol. The summed E-state index contributed by atoms with van der Waals surface area (Å²) >= 11 is 0. The number of hydrogen-bond donors (Lipinski definition) is 1. The number of fused-ring (bicyclic) bond motifs is 1. The summed E-state index contributed by atoms with van der Waals surface area (Å²) in [6, 6.07) is 0. The van der Waals surface area contributed by atoms with Gasteiger partial charge in [-0.25, -0.2) is 4.79 Å². The van der Waals surface area contributed by atoms with Crippen LogP contribution in [-0.2, 0) is 42.9 Å². The summed E-state index contributed by atoms with van der Waals surface area (Å²) in [5.74, 6) is -4.54. The number of carbonyl (C=O) groups is 5. The van der Waals surface area contributed by atoms with Gasteiger partial charge in [0, 0.05) is 47.5 Å². The van der Waals surface area contributed by atoms with Gasteiger partial charge in [0.05, 0.1) is 13.5 Å². The van der Waals surface area contributed by atoms with Crippen molar-refractivity contribution in [2.24, 2.45) is 34.0 Å². The van der Waals surface area contributed by atoms with E-state index in [1.165, 1.54) is 33.1 Å². The van der Waals surface area contributed by atoms with Gasteiger partial charge in [-0.1, -0.05) is 46.4 Å². The summed E-state index contributed by atoms with van der Waals surface area (Å²) in [6.07, 6.45) is 3.12. The molecule has 0 amide bonds. The Labute approximate surface area is 239 Å². The molecule has 1 N–H and O–H groups in total. The van der Waals surface area contributed by atoms with E-state index < -0.39 is 76.4 Å². The molecule has 1 fully saturated rings. The third kappa shape index (κ3) is 4.75. The van der Waals surface area contributed by atoms with Gasteiger partial charge >= 0.3 is 23.9 Å². The van der Waals surface area contributed by atoms with Crippen LogP contribution >= 0.6 is 0 Å². The van der Waals surface area contributed by atoms with Crippen molar-refractivity contribution in [1.82, 2.24) is 0 Å². The number of aliphatic hydroxyl groups is 1. The van der Waals surface area contributed by atoms with Crippen LogP contribution in [0.3, 0.4) is 0 Å². The molecule has 41 heavy (non-hydrogen) atoms. The number of hydrogen-bond acceptors (Lipinski definition) is 10. The van der Waals surface area contributed by atoms with Crippen molar-refractivity contribution in [3.05, 3.63) is 47.6 Å². The molecule has 0 bridgehead atoms. The SMILES string of the molecule is C=C1C2=CCC(C3=CC(O)OC3=O)C2(C)C(OC(C)=O)C(OC(C)=O)C1C1(C)C=CC(=O)C(C)(C)C1CC(=O)OC. The molecule has 1 saturated carbocycles. The second-order valence-corrected chi connectivity index (χ2v) is 12.3. The van der Waals surface area contributed by atoms with Gasteiger partial charge in [0.15, 0.2) is 5.78 Å². The van der Waals surface area contributed by atoms with E-state index in [0.717, 1.165) is 0 Å². The van der Waals surface area contributed by atoms with Gasteiger partial charge in [-0.2, -0.15) is 0 Å². The van der Waals surface area contributed by atoms with E-state index in [0.29, 0.717) is 17.6 Å². The Hall–Kier alpha value is -3.53. The van der Waals surface area contributed by atoms with Gasteiger partial charge in [-0.3, -0.25) is 19.2 Å². The van der Waals surface area contributed by atoms with Crippen molar-refractivity contribution in [3.8, 4) is 0 Å². The Morgan fingerprint density at radius 2 is 1.73 bits per heavy atom. The smallest absolute Gasteiger partial charge is 0.336 e. The van der Waals surface area contributed by atoms with Crippen LogP contribution in [-0.4, -0.2) is 60.4 Å². The highest BCUT2D eigenvalue weighted by Gasteiger charge is 2.66.